The number of rotatable bonds is 5. The summed E-state index contributed by atoms with van der Waals surface area (Å²) in [6.45, 7) is 7.14. The van der Waals surface area contributed by atoms with E-state index < -0.39 is 0 Å². The number of hydrogen-bond donors (Lipinski definition) is 1. The van der Waals surface area contributed by atoms with Gasteiger partial charge in [0.15, 0.2) is 0 Å². The van der Waals surface area contributed by atoms with Gasteiger partial charge in [0.05, 0.1) is 24.0 Å². The van der Waals surface area contributed by atoms with Crippen molar-refractivity contribution in [2.45, 2.75) is 43.7 Å². The maximum atomic E-state index is 9.46. The van der Waals surface area contributed by atoms with Crippen molar-refractivity contribution in [3.05, 3.63) is 70.6 Å². The van der Waals surface area contributed by atoms with Crippen LogP contribution < -0.4 is 0 Å². The van der Waals surface area contributed by atoms with Gasteiger partial charge in [-0.25, -0.2) is 0 Å². The molecule has 144 valence electrons. The molecule has 4 nitrogen and oxygen atoms in total. The summed E-state index contributed by atoms with van der Waals surface area (Å²) in [6, 6.07) is 12.1. The van der Waals surface area contributed by atoms with E-state index in [0.29, 0.717) is 0 Å². The van der Waals surface area contributed by atoms with Gasteiger partial charge in [-0.3, -0.25) is 4.68 Å². The molecule has 2 heterocycles. The molecule has 0 radical (unpaired) electrons. The maximum Gasteiger partial charge on any atom is 0.0841 e. The third-order valence-corrected chi connectivity index (χ3v) is 6.62. The van der Waals surface area contributed by atoms with E-state index in [1.807, 2.05) is 35.1 Å². The second-order valence-corrected chi connectivity index (χ2v) is 8.27. The lowest BCUT2D eigenvalue weighted by atomic mass is 10.1. The van der Waals surface area contributed by atoms with Gasteiger partial charge in [-0.1, -0.05) is 41.6 Å². The van der Waals surface area contributed by atoms with Gasteiger partial charge < -0.3 is 9.67 Å². The molecule has 0 fully saturated rings. The van der Waals surface area contributed by atoms with Crippen molar-refractivity contribution in [1.29, 1.82) is 0 Å². The Labute approximate surface area is 173 Å². The Kier molecular flexibility index (Phi) is 5.23. The van der Waals surface area contributed by atoms with Gasteiger partial charge in [0.25, 0.3) is 0 Å². The first-order valence-electron chi connectivity index (χ1n) is 9.24. The summed E-state index contributed by atoms with van der Waals surface area (Å²) in [4.78, 5) is 2.29. The second-order valence-electron chi connectivity index (χ2n) is 6.78. The van der Waals surface area contributed by atoms with E-state index in [4.69, 9.17) is 11.6 Å². The molecule has 4 rings (SSSR count). The minimum Gasteiger partial charge on any atom is -0.392 e. The molecule has 28 heavy (non-hydrogen) atoms. The van der Waals surface area contributed by atoms with Crippen LogP contribution in [-0.4, -0.2) is 19.5 Å². The molecule has 0 aliphatic carbocycles. The molecule has 0 spiro atoms. The summed E-state index contributed by atoms with van der Waals surface area (Å²) in [5.74, 6) is 0. The molecule has 0 saturated heterocycles. The number of hydrogen-bond acceptors (Lipinski definition) is 3. The van der Waals surface area contributed by atoms with Crippen LogP contribution in [0.2, 0.25) is 5.02 Å². The summed E-state index contributed by atoms with van der Waals surface area (Å²) in [7, 11) is 0. The predicted molar refractivity (Wildman–Crippen MR) is 116 cm³/mol. The molecule has 2 aromatic heterocycles. The van der Waals surface area contributed by atoms with E-state index in [1.165, 1.54) is 10.3 Å². The number of benzene rings is 2. The highest BCUT2D eigenvalue weighted by atomic mass is 35.5. The second kappa shape index (κ2) is 7.66. The van der Waals surface area contributed by atoms with Gasteiger partial charge in [0, 0.05) is 38.6 Å². The van der Waals surface area contributed by atoms with Crippen molar-refractivity contribution < 1.29 is 5.11 Å². The first kappa shape index (κ1) is 19.1. The third kappa shape index (κ3) is 3.24. The molecule has 0 saturated carbocycles. The molecular formula is C22H22ClN3OS. The molecule has 0 unspecified atom stereocenters. The number of halogens is 1. The van der Waals surface area contributed by atoms with E-state index in [9.17, 15) is 5.11 Å². The Morgan fingerprint density at radius 1 is 1.18 bits per heavy atom. The maximum absolute atomic E-state index is 9.46. The van der Waals surface area contributed by atoms with Crippen LogP contribution in [0, 0.1) is 13.8 Å². The highest BCUT2D eigenvalue weighted by Gasteiger charge is 2.20. The standard InChI is InChI=1S/C22H22ClN3OS/c1-4-25-12-17(11-24-25)26-15(3)22(19-8-9-20(23)14(2)21(19)26)28-18-7-5-6-16(10-18)13-27/h5-12,27H,4,13H2,1-3H3. The van der Waals surface area contributed by atoms with Crippen LogP contribution in [0.5, 0.6) is 0 Å². The average molecular weight is 412 g/mol. The number of fused-ring (bicyclic) bond motifs is 1. The number of aromatic nitrogens is 3. The van der Waals surface area contributed by atoms with Crippen molar-refractivity contribution >= 4 is 34.3 Å². The van der Waals surface area contributed by atoms with Crippen molar-refractivity contribution in [3.63, 3.8) is 0 Å². The van der Waals surface area contributed by atoms with Crippen LogP contribution in [0.25, 0.3) is 16.6 Å². The van der Waals surface area contributed by atoms with Crippen LogP contribution >= 0.6 is 23.4 Å². The minimum atomic E-state index is 0.0417. The molecule has 0 amide bonds. The number of nitrogens with zero attached hydrogens (tertiary/aromatic N) is 3. The van der Waals surface area contributed by atoms with Gasteiger partial charge in [0.1, 0.15) is 0 Å². The molecule has 6 heteroatoms. The number of aliphatic hydroxyl groups excluding tert-OH is 1. The van der Waals surface area contributed by atoms with Crippen LogP contribution in [0.1, 0.15) is 23.7 Å². The van der Waals surface area contributed by atoms with Crippen LogP contribution in [0.15, 0.2) is 58.6 Å². The van der Waals surface area contributed by atoms with Crippen molar-refractivity contribution in [1.82, 2.24) is 14.3 Å². The lowest BCUT2D eigenvalue weighted by molar-refractivity contribution is 0.281. The Morgan fingerprint density at radius 2 is 2.00 bits per heavy atom. The fourth-order valence-electron chi connectivity index (χ4n) is 3.53. The fourth-order valence-corrected chi connectivity index (χ4v) is 4.79. The zero-order valence-electron chi connectivity index (χ0n) is 16.1. The number of aryl methyl sites for hydroxylation is 2. The van der Waals surface area contributed by atoms with Gasteiger partial charge in [0.2, 0.25) is 0 Å². The summed E-state index contributed by atoms with van der Waals surface area (Å²) in [6.07, 6.45) is 3.96. The molecule has 0 bridgehead atoms. The van der Waals surface area contributed by atoms with Gasteiger partial charge in [-0.05, 0) is 50.1 Å². The first-order valence-corrected chi connectivity index (χ1v) is 10.4. The Hall–Kier alpha value is -2.21. The van der Waals surface area contributed by atoms with Gasteiger partial charge in [-0.2, -0.15) is 5.10 Å². The predicted octanol–water partition coefficient (Wildman–Crippen LogP) is 5.76. The molecule has 0 aliphatic heterocycles. The van der Waals surface area contributed by atoms with Crippen molar-refractivity contribution in [2.75, 3.05) is 0 Å². The minimum absolute atomic E-state index is 0.0417. The lowest BCUT2D eigenvalue weighted by Gasteiger charge is -2.08. The molecule has 0 atom stereocenters. The Morgan fingerprint density at radius 3 is 2.71 bits per heavy atom. The van der Waals surface area contributed by atoms with Crippen LogP contribution in [0.4, 0.5) is 0 Å². The zero-order valence-corrected chi connectivity index (χ0v) is 17.7. The molecule has 0 aliphatic rings. The van der Waals surface area contributed by atoms with E-state index in [1.54, 1.807) is 11.8 Å². The zero-order chi connectivity index (χ0) is 19.8. The van der Waals surface area contributed by atoms with Crippen LogP contribution in [-0.2, 0) is 13.2 Å². The van der Waals surface area contributed by atoms with Crippen molar-refractivity contribution in [3.8, 4) is 5.69 Å². The molecule has 2 aromatic carbocycles. The van der Waals surface area contributed by atoms with Crippen molar-refractivity contribution in [2.24, 2.45) is 0 Å². The van der Waals surface area contributed by atoms with Crippen LogP contribution in [0.3, 0.4) is 0 Å². The fraction of sp³-hybridized carbons (Fsp3) is 0.227. The topological polar surface area (TPSA) is 43.0 Å². The third-order valence-electron chi connectivity index (χ3n) is 5.00. The summed E-state index contributed by atoms with van der Waals surface area (Å²) in [5.41, 5.74) is 5.26. The molecule has 1 N–H and O–H groups in total. The Balaban J connectivity index is 1.94. The summed E-state index contributed by atoms with van der Waals surface area (Å²) < 4.78 is 4.17. The van der Waals surface area contributed by atoms with Gasteiger partial charge >= 0.3 is 0 Å². The first-order chi connectivity index (χ1) is 13.5. The molecular weight excluding hydrogens is 390 g/mol. The monoisotopic (exact) mass is 411 g/mol. The Bertz CT molecular complexity index is 1160. The lowest BCUT2D eigenvalue weighted by Crippen LogP contribution is -1.97. The SMILES string of the molecule is CCn1cc(-n2c(C)c(Sc3cccc(CO)c3)c3ccc(Cl)c(C)c32)cn1. The largest absolute Gasteiger partial charge is 0.392 e. The quantitative estimate of drug-likeness (QED) is 0.454. The van der Waals surface area contributed by atoms with E-state index >= 15 is 0 Å². The normalized spacial score (nSPS) is 11.5. The molecule has 4 aromatic rings. The summed E-state index contributed by atoms with van der Waals surface area (Å²) in [5, 5.41) is 15.8. The smallest absolute Gasteiger partial charge is 0.0841 e. The van der Waals surface area contributed by atoms with Gasteiger partial charge in [-0.15, -0.1) is 0 Å². The summed E-state index contributed by atoms with van der Waals surface area (Å²) >= 11 is 8.19. The number of aliphatic hydroxyl groups is 1. The van der Waals surface area contributed by atoms with E-state index in [2.05, 4.69) is 48.8 Å². The average Bonchev–Trinajstić information content (AvgIpc) is 3.28. The highest BCUT2D eigenvalue weighted by molar-refractivity contribution is 7.99. The van der Waals surface area contributed by atoms with E-state index in [0.717, 1.165) is 44.5 Å². The van der Waals surface area contributed by atoms with E-state index in [-0.39, 0.29) is 6.61 Å². The highest BCUT2D eigenvalue weighted by Crippen LogP contribution is 2.42.